The monoisotopic (exact) mass is 472 g/mol. The first kappa shape index (κ1) is 24.4. The molecule has 32 heavy (non-hydrogen) atoms. The summed E-state index contributed by atoms with van der Waals surface area (Å²) in [7, 11) is 0. The van der Waals surface area contributed by atoms with Crippen molar-refractivity contribution in [3.8, 4) is 11.5 Å². The van der Waals surface area contributed by atoms with Gasteiger partial charge in [-0.3, -0.25) is 0 Å². The topological polar surface area (TPSA) is 18.5 Å². The molecule has 0 aliphatic heterocycles. The van der Waals surface area contributed by atoms with E-state index < -0.39 is 24.1 Å². The molecule has 0 heterocycles. The molecule has 3 rings (SSSR count). The van der Waals surface area contributed by atoms with Crippen molar-refractivity contribution in [1.29, 1.82) is 0 Å². The summed E-state index contributed by atoms with van der Waals surface area (Å²) in [6, 6.07) is 10.4. The summed E-state index contributed by atoms with van der Waals surface area (Å²) in [6.07, 6.45) is -1.53. The van der Waals surface area contributed by atoms with Gasteiger partial charge in [0.2, 0.25) is 0 Å². The molecule has 1 aliphatic carbocycles. The van der Waals surface area contributed by atoms with E-state index in [2.05, 4.69) is 11.7 Å². The van der Waals surface area contributed by atoms with Crippen molar-refractivity contribution >= 4 is 17.3 Å². The molecule has 1 fully saturated rings. The highest BCUT2D eigenvalue weighted by Crippen LogP contribution is 2.37. The third kappa shape index (κ3) is 6.18. The second-order valence-electron chi connectivity index (χ2n) is 8.07. The van der Waals surface area contributed by atoms with Gasteiger partial charge in [-0.2, -0.15) is 17.6 Å². The Morgan fingerprint density at radius 2 is 1.72 bits per heavy atom. The van der Waals surface area contributed by atoms with E-state index in [9.17, 15) is 22.0 Å². The van der Waals surface area contributed by atoms with Crippen molar-refractivity contribution in [1.82, 2.24) is 0 Å². The average Bonchev–Trinajstić information content (AvgIpc) is 2.76. The Bertz CT molecular complexity index is 909. The maximum Gasteiger partial charge on any atom is 0.461 e. The number of ether oxygens (including phenoxy) is 2. The van der Waals surface area contributed by atoms with Crippen LogP contribution in [-0.4, -0.2) is 17.6 Å². The lowest BCUT2D eigenvalue weighted by Crippen LogP contribution is -2.33. The molecular weight excluding hydrogens is 447 g/mol. The molecule has 0 saturated heterocycles. The Morgan fingerprint density at radius 3 is 2.28 bits per heavy atom. The summed E-state index contributed by atoms with van der Waals surface area (Å²) in [4.78, 5) is 0. The van der Waals surface area contributed by atoms with Crippen molar-refractivity contribution in [3.05, 3.63) is 59.4 Å². The molecule has 0 spiro atoms. The van der Waals surface area contributed by atoms with Crippen molar-refractivity contribution in [2.75, 3.05) is 0 Å². The Hall–Kier alpha value is -2.22. The highest BCUT2D eigenvalue weighted by atomic mass is 32.1. The molecule has 1 aliphatic rings. The highest BCUT2D eigenvalue weighted by Gasteiger charge is 2.44. The van der Waals surface area contributed by atoms with Gasteiger partial charge in [0.15, 0.2) is 16.6 Å². The molecule has 2 aromatic rings. The van der Waals surface area contributed by atoms with E-state index in [1.165, 1.54) is 44.1 Å². The Labute approximate surface area is 189 Å². The molecule has 174 valence electrons. The van der Waals surface area contributed by atoms with Crippen LogP contribution in [0, 0.1) is 11.7 Å². The van der Waals surface area contributed by atoms with E-state index in [4.69, 9.17) is 17.0 Å². The molecule has 0 amide bonds. The van der Waals surface area contributed by atoms with Gasteiger partial charge in [-0.1, -0.05) is 44.0 Å². The fourth-order valence-electron chi connectivity index (χ4n) is 4.07. The summed E-state index contributed by atoms with van der Waals surface area (Å²) in [6.45, 7) is 2.22. The number of thiocarbonyl (C=S) groups is 1. The first-order valence-corrected chi connectivity index (χ1v) is 11.1. The van der Waals surface area contributed by atoms with Gasteiger partial charge in [-0.25, -0.2) is 4.39 Å². The summed E-state index contributed by atoms with van der Waals surface area (Å²) in [5.41, 5.74) is 1.87. The number of hydrogen-bond donors (Lipinski definition) is 0. The van der Waals surface area contributed by atoms with Crippen LogP contribution in [-0.2, 0) is 0 Å². The third-order valence-electron chi connectivity index (χ3n) is 5.78. The molecule has 0 unspecified atom stereocenters. The lowest BCUT2D eigenvalue weighted by atomic mass is 9.77. The quantitative estimate of drug-likeness (QED) is 0.287. The van der Waals surface area contributed by atoms with Crippen LogP contribution in [0.15, 0.2) is 42.5 Å². The van der Waals surface area contributed by atoms with Gasteiger partial charge in [0.05, 0.1) is 0 Å². The number of hydrogen-bond acceptors (Lipinski definition) is 3. The number of halogens is 5. The molecular formula is C24H25F5O2S. The zero-order chi connectivity index (χ0) is 23.3. The molecule has 0 bridgehead atoms. The predicted molar refractivity (Wildman–Crippen MR) is 116 cm³/mol. The second kappa shape index (κ2) is 10.6. The summed E-state index contributed by atoms with van der Waals surface area (Å²) >= 11 is 5.25. The Balaban J connectivity index is 1.59. The van der Waals surface area contributed by atoms with Crippen molar-refractivity contribution in [2.24, 2.45) is 5.92 Å². The van der Waals surface area contributed by atoms with Gasteiger partial charge < -0.3 is 9.47 Å². The zero-order valence-corrected chi connectivity index (χ0v) is 18.4. The number of alkyl halides is 4. The average molecular weight is 473 g/mol. The zero-order valence-electron chi connectivity index (χ0n) is 17.6. The SMILES string of the molecule is CCCC1CCC(c2ccc(C(=S)Oc3ccc(OC(F)(F)C(F)F)c(F)c3)cc2)CC1. The van der Waals surface area contributed by atoms with E-state index in [1.54, 1.807) is 0 Å². The fraction of sp³-hybridized carbons (Fsp3) is 0.458. The molecule has 2 aromatic carbocycles. The lowest BCUT2D eigenvalue weighted by Gasteiger charge is -2.28. The van der Waals surface area contributed by atoms with E-state index in [0.29, 0.717) is 11.5 Å². The third-order valence-corrected chi connectivity index (χ3v) is 6.09. The minimum atomic E-state index is -4.80. The van der Waals surface area contributed by atoms with Gasteiger partial charge >= 0.3 is 12.5 Å². The molecule has 0 N–H and O–H groups in total. The summed E-state index contributed by atoms with van der Waals surface area (Å²) in [5.74, 6) is -0.972. The van der Waals surface area contributed by atoms with Crippen LogP contribution in [0.3, 0.4) is 0 Å². The normalized spacial score (nSPS) is 19.1. The summed E-state index contributed by atoms with van der Waals surface area (Å²) < 4.78 is 73.6. The highest BCUT2D eigenvalue weighted by molar-refractivity contribution is 7.80. The maximum absolute atomic E-state index is 14.0. The van der Waals surface area contributed by atoms with Gasteiger partial charge in [0.25, 0.3) is 0 Å². The van der Waals surface area contributed by atoms with Crippen molar-refractivity contribution in [2.45, 2.75) is 63.9 Å². The van der Waals surface area contributed by atoms with Crippen LogP contribution in [0.25, 0.3) is 0 Å². The van der Waals surface area contributed by atoms with E-state index in [1.807, 2.05) is 24.3 Å². The van der Waals surface area contributed by atoms with Crippen LogP contribution in [0.1, 0.15) is 62.5 Å². The summed E-state index contributed by atoms with van der Waals surface area (Å²) in [5, 5.41) is 0.0779. The number of rotatable bonds is 8. The first-order chi connectivity index (χ1) is 15.2. The van der Waals surface area contributed by atoms with Gasteiger partial charge in [-0.05, 0) is 67.4 Å². The smallest absolute Gasteiger partial charge is 0.445 e. The molecule has 8 heteroatoms. The fourth-order valence-corrected chi connectivity index (χ4v) is 4.30. The van der Waals surface area contributed by atoms with Crippen LogP contribution < -0.4 is 9.47 Å². The standard InChI is InChI=1S/C24H25F5O2S/c1-2-3-15-4-6-16(7-5-15)17-8-10-18(11-9-17)22(32)30-19-12-13-21(20(25)14-19)31-24(28,29)23(26)27/h8-16,23H,2-7H2,1H3. The predicted octanol–water partition coefficient (Wildman–Crippen LogP) is 7.89. The Morgan fingerprint density at radius 1 is 1.06 bits per heavy atom. The molecule has 2 nitrogen and oxygen atoms in total. The van der Waals surface area contributed by atoms with Gasteiger partial charge in [-0.15, -0.1) is 0 Å². The van der Waals surface area contributed by atoms with Crippen molar-refractivity contribution in [3.63, 3.8) is 0 Å². The van der Waals surface area contributed by atoms with E-state index >= 15 is 0 Å². The second-order valence-corrected chi connectivity index (χ2v) is 8.45. The van der Waals surface area contributed by atoms with Gasteiger partial charge in [0, 0.05) is 11.6 Å². The number of benzene rings is 2. The van der Waals surface area contributed by atoms with Crippen LogP contribution >= 0.6 is 12.2 Å². The minimum Gasteiger partial charge on any atom is -0.445 e. The van der Waals surface area contributed by atoms with Crippen LogP contribution in [0.2, 0.25) is 0 Å². The van der Waals surface area contributed by atoms with Crippen molar-refractivity contribution < 1.29 is 31.4 Å². The minimum absolute atomic E-state index is 0.0569. The maximum atomic E-state index is 14.0. The molecule has 0 aromatic heterocycles. The largest absolute Gasteiger partial charge is 0.461 e. The van der Waals surface area contributed by atoms with Gasteiger partial charge in [0.1, 0.15) is 5.75 Å². The van der Waals surface area contributed by atoms with Crippen LogP contribution in [0.5, 0.6) is 11.5 Å². The van der Waals surface area contributed by atoms with E-state index in [-0.39, 0.29) is 10.8 Å². The first-order valence-electron chi connectivity index (χ1n) is 10.7. The molecule has 1 saturated carbocycles. The van der Waals surface area contributed by atoms with E-state index in [0.717, 1.165) is 24.1 Å². The Kier molecular flexibility index (Phi) is 8.09. The van der Waals surface area contributed by atoms with Crippen LogP contribution in [0.4, 0.5) is 22.0 Å². The lowest BCUT2D eigenvalue weighted by molar-refractivity contribution is -0.254. The molecule has 0 atom stereocenters. The molecule has 0 radical (unpaired) electrons.